The minimum atomic E-state index is 0.416. The van der Waals surface area contributed by atoms with Gasteiger partial charge in [0.2, 0.25) is 5.95 Å². The fourth-order valence-electron chi connectivity index (χ4n) is 6.57. The molecule has 0 amide bonds. The van der Waals surface area contributed by atoms with Crippen molar-refractivity contribution in [3.05, 3.63) is 66.7 Å². The Labute approximate surface area is 240 Å². The molecule has 2 aromatic carbocycles. The van der Waals surface area contributed by atoms with Crippen molar-refractivity contribution in [3.8, 4) is 11.1 Å². The second kappa shape index (κ2) is 10.7. The summed E-state index contributed by atoms with van der Waals surface area (Å²) in [5.41, 5.74) is 12.6. The highest BCUT2D eigenvalue weighted by molar-refractivity contribution is 6.00. The van der Waals surface area contributed by atoms with Gasteiger partial charge in [0, 0.05) is 67.3 Å². The Hall–Kier alpha value is -4.08. The maximum atomic E-state index is 6.45. The van der Waals surface area contributed by atoms with Crippen LogP contribution >= 0.6 is 0 Å². The van der Waals surface area contributed by atoms with Crippen molar-refractivity contribution in [2.45, 2.75) is 44.7 Å². The van der Waals surface area contributed by atoms with E-state index in [1.165, 1.54) is 44.6 Å². The first kappa shape index (κ1) is 25.9. The minimum Gasteiger partial charge on any atom is -0.383 e. The summed E-state index contributed by atoms with van der Waals surface area (Å²) in [5.74, 6) is 1.10. The summed E-state index contributed by atoms with van der Waals surface area (Å²) < 4.78 is 2.36. The lowest BCUT2D eigenvalue weighted by atomic mass is 9.89. The van der Waals surface area contributed by atoms with Crippen molar-refractivity contribution >= 4 is 39.4 Å². The van der Waals surface area contributed by atoms with E-state index in [0.717, 1.165) is 51.6 Å². The monoisotopic (exact) mass is 547 g/mol. The Morgan fingerprint density at radius 3 is 2.41 bits per heavy atom. The zero-order valence-electron chi connectivity index (χ0n) is 23.8. The van der Waals surface area contributed by atoms with Gasteiger partial charge in [-0.25, -0.2) is 19.9 Å². The average molecular weight is 548 g/mol. The molecule has 7 rings (SSSR count). The van der Waals surface area contributed by atoms with Gasteiger partial charge in [-0.1, -0.05) is 23.8 Å². The Bertz CT molecular complexity index is 1680. The molecule has 3 N–H and O–H groups in total. The topological polar surface area (TPSA) is 101 Å². The number of likely N-dealkylation sites (N-methyl/N-ethyl adjacent to an activating group) is 1. The summed E-state index contributed by atoms with van der Waals surface area (Å²) in [6.07, 6.45) is 10.4. The summed E-state index contributed by atoms with van der Waals surface area (Å²) in [6, 6.07) is 15.6. The smallest absolute Gasteiger partial charge is 0.227 e. The molecule has 1 aliphatic carbocycles. The Kier molecular flexibility index (Phi) is 6.76. The van der Waals surface area contributed by atoms with E-state index < -0.39 is 0 Å². The molecule has 0 unspecified atom stereocenters. The van der Waals surface area contributed by atoms with Gasteiger partial charge in [0.05, 0.1) is 10.9 Å². The van der Waals surface area contributed by atoms with Gasteiger partial charge in [-0.15, -0.1) is 0 Å². The second-order valence-electron chi connectivity index (χ2n) is 11.7. The van der Waals surface area contributed by atoms with E-state index >= 15 is 0 Å². The highest BCUT2D eigenvalue weighted by Crippen LogP contribution is 2.39. The van der Waals surface area contributed by atoms with E-state index in [1.807, 2.05) is 12.3 Å². The highest BCUT2D eigenvalue weighted by atomic mass is 15.3. The molecule has 5 aromatic rings. The predicted octanol–water partition coefficient (Wildman–Crippen LogP) is 5.41. The van der Waals surface area contributed by atoms with Crippen molar-refractivity contribution in [2.24, 2.45) is 0 Å². The standard InChI is InChI=1S/C32H37N9/c1-21-3-12-28-23(17-21)18-34-32(38-28)37-24-6-4-22(5-7-24)27-19-41(31-29(27)30(33)35-20-36-31)26-10-8-25(9-11-26)40-15-13-39(2)14-16-40/h3-7,12,17-20,25-26H,8-11,13-16H2,1-2H3,(H2,33,35,36)(H,34,37,38)/t25-,26-. The quantitative estimate of drug-likeness (QED) is 0.301. The molecular weight excluding hydrogens is 510 g/mol. The third-order valence-electron chi connectivity index (χ3n) is 8.94. The minimum absolute atomic E-state index is 0.416. The third kappa shape index (κ3) is 5.11. The first-order valence-corrected chi connectivity index (χ1v) is 14.7. The lowest BCUT2D eigenvalue weighted by Crippen LogP contribution is -2.49. The molecule has 0 radical (unpaired) electrons. The molecule has 210 valence electrons. The van der Waals surface area contributed by atoms with Crippen LogP contribution in [-0.2, 0) is 0 Å². The van der Waals surface area contributed by atoms with Crippen LogP contribution in [0.3, 0.4) is 0 Å². The van der Waals surface area contributed by atoms with Crippen LogP contribution in [-0.4, -0.2) is 73.6 Å². The number of nitrogens with two attached hydrogens (primary N) is 1. The van der Waals surface area contributed by atoms with E-state index in [0.29, 0.717) is 23.8 Å². The number of rotatable bonds is 5. The molecule has 1 saturated carbocycles. The van der Waals surface area contributed by atoms with Crippen molar-refractivity contribution < 1.29 is 0 Å². The van der Waals surface area contributed by atoms with Crippen LogP contribution in [0.1, 0.15) is 37.3 Å². The van der Waals surface area contributed by atoms with Gasteiger partial charge in [-0.05, 0) is 69.5 Å². The van der Waals surface area contributed by atoms with Gasteiger partial charge in [0.25, 0.3) is 0 Å². The zero-order chi connectivity index (χ0) is 27.9. The van der Waals surface area contributed by atoms with Gasteiger partial charge >= 0.3 is 0 Å². The van der Waals surface area contributed by atoms with Crippen LogP contribution < -0.4 is 11.1 Å². The Morgan fingerprint density at radius 1 is 0.878 bits per heavy atom. The van der Waals surface area contributed by atoms with E-state index in [-0.39, 0.29) is 0 Å². The molecule has 0 atom stereocenters. The van der Waals surface area contributed by atoms with Gasteiger partial charge in [-0.2, -0.15) is 0 Å². The third-order valence-corrected chi connectivity index (χ3v) is 8.94. The number of aryl methyl sites for hydroxylation is 1. The van der Waals surface area contributed by atoms with Gasteiger partial charge in [-0.3, -0.25) is 4.90 Å². The van der Waals surface area contributed by atoms with Crippen molar-refractivity contribution in [3.63, 3.8) is 0 Å². The van der Waals surface area contributed by atoms with Crippen LogP contribution in [0.4, 0.5) is 17.5 Å². The summed E-state index contributed by atoms with van der Waals surface area (Å²) >= 11 is 0. The summed E-state index contributed by atoms with van der Waals surface area (Å²) in [6.45, 7) is 6.79. The van der Waals surface area contributed by atoms with Crippen molar-refractivity contribution in [1.82, 2.24) is 34.3 Å². The molecule has 3 aromatic heterocycles. The van der Waals surface area contributed by atoms with E-state index in [9.17, 15) is 0 Å². The molecule has 1 aliphatic heterocycles. The van der Waals surface area contributed by atoms with E-state index in [1.54, 1.807) is 6.33 Å². The lowest BCUT2D eigenvalue weighted by Gasteiger charge is -2.41. The van der Waals surface area contributed by atoms with Crippen LogP contribution in [0.2, 0.25) is 0 Å². The summed E-state index contributed by atoms with van der Waals surface area (Å²) in [4.78, 5) is 23.4. The lowest BCUT2D eigenvalue weighted by molar-refractivity contribution is 0.0828. The molecule has 2 fully saturated rings. The number of hydrogen-bond donors (Lipinski definition) is 2. The average Bonchev–Trinajstić information content (AvgIpc) is 3.39. The number of hydrogen-bond acceptors (Lipinski definition) is 8. The molecule has 9 heteroatoms. The molecular formula is C32H37N9. The summed E-state index contributed by atoms with van der Waals surface area (Å²) in [7, 11) is 2.22. The summed E-state index contributed by atoms with van der Waals surface area (Å²) in [5, 5.41) is 5.31. The normalized spacial score (nSPS) is 20.5. The van der Waals surface area contributed by atoms with Gasteiger partial charge in [0.15, 0.2) is 0 Å². The molecule has 9 nitrogen and oxygen atoms in total. The van der Waals surface area contributed by atoms with E-state index in [2.05, 4.69) is 91.2 Å². The molecule has 41 heavy (non-hydrogen) atoms. The van der Waals surface area contributed by atoms with E-state index in [4.69, 9.17) is 10.7 Å². The number of fused-ring (bicyclic) bond motifs is 2. The van der Waals surface area contributed by atoms with Crippen molar-refractivity contribution in [1.29, 1.82) is 0 Å². The Morgan fingerprint density at radius 2 is 1.63 bits per heavy atom. The second-order valence-corrected chi connectivity index (χ2v) is 11.7. The number of nitrogen functional groups attached to an aromatic ring is 1. The number of benzene rings is 2. The molecule has 0 spiro atoms. The predicted molar refractivity (Wildman–Crippen MR) is 165 cm³/mol. The largest absolute Gasteiger partial charge is 0.383 e. The SMILES string of the molecule is Cc1ccc2nc(Nc3ccc(-c4cn([C@H]5CC[C@H](N6CCN(C)CC6)CC5)c5ncnc(N)c45)cc3)ncc2c1. The molecule has 4 heterocycles. The molecule has 2 aliphatic rings. The molecule has 1 saturated heterocycles. The van der Waals surface area contributed by atoms with Gasteiger partial charge < -0.3 is 20.5 Å². The molecule has 0 bridgehead atoms. The van der Waals surface area contributed by atoms with Crippen LogP contribution in [0, 0.1) is 6.92 Å². The number of anilines is 3. The number of piperazine rings is 1. The fourth-order valence-corrected chi connectivity index (χ4v) is 6.57. The first-order chi connectivity index (χ1) is 20.0. The number of aromatic nitrogens is 5. The maximum Gasteiger partial charge on any atom is 0.227 e. The van der Waals surface area contributed by atoms with Crippen LogP contribution in [0.15, 0.2) is 61.2 Å². The maximum absolute atomic E-state index is 6.45. The zero-order valence-corrected chi connectivity index (χ0v) is 23.8. The number of nitrogens with zero attached hydrogens (tertiary/aromatic N) is 7. The first-order valence-electron chi connectivity index (χ1n) is 14.7. The number of nitrogens with one attached hydrogen (secondary N) is 1. The Balaban J connectivity index is 1.11. The van der Waals surface area contributed by atoms with Crippen LogP contribution in [0.5, 0.6) is 0 Å². The van der Waals surface area contributed by atoms with Crippen LogP contribution in [0.25, 0.3) is 33.1 Å². The fraction of sp³-hybridized carbons (Fsp3) is 0.375. The van der Waals surface area contributed by atoms with Gasteiger partial charge in [0.1, 0.15) is 17.8 Å². The van der Waals surface area contributed by atoms with Crippen molar-refractivity contribution in [2.75, 3.05) is 44.3 Å². The highest BCUT2D eigenvalue weighted by Gasteiger charge is 2.30.